The van der Waals surface area contributed by atoms with Gasteiger partial charge in [0.15, 0.2) is 11.5 Å². The molecule has 0 aromatic heterocycles. The Morgan fingerprint density at radius 3 is 2.57 bits per heavy atom. The van der Waals surface area contributed by atoms with Crippen LogP contribution >= 0.6 is 0 Å². The summed E-state index contributed by atoms with van der Waals surface area (Å²) in [5, 5.41) is 8.31. The molecule has 14 heavy (non-hydrogen) atoms. The number of carbonyl (C=O) groups is 1. The van der Waals surface area contributed by atoms with Crippen molar-refractivity contribution in [3.63, 3.8) is 0 Å². The van der Waals surface area contributed by atoms with Crippen molar-refractivity contribution >= 4 is 16.2 Å². The smallest absolute Gasteiger partial charge is 0.276 e. The number of phenols is 1. The molecule has 2 N–H and O–H groups in total. The molecule has 0 saturated carbocycles. The van der Waals surface area contributed by atoms with E-state index in [1.807, 2.05) is 0 Å². The van der Waals surface area contributed by atoms with Crippen LogP contribution < -0.4 is 4.74 Å². The van der Waals surface area contributed by atoms with E-state index in [1.165, 1.54) is 19.2 Å². The van der Waals surface area contributed by atoms with Gasteiger partial charge in [-0.25, -0.2) is 4.21 Å². The third kappa shape index (κ3) is 2.09. The van der Waals surface area contributed by atoms with Crippen LogP contribution in [0.15, 0.2) is 18.2 Å². The van der Waals surface area contributed by atoms with Gasteiger partial charge in [0.05, 0.1) is 7.11 Å². The maximum atomic E-state index is 11.0. The number of rotatable bonds is 2. The lowest BCUT2D eigenvalue weighted by molar-refractivity contribution is 0.107. The average Bonchev–Trinajstić information content (AvgIpc) is 2.16. The average molecular weight is 216 g/mol. The van der Waals surface area contributed by atoms with Gasteiger partial charge in [0.25, 0.3) is 5.12 Å². The SMILES string of the molecule is COc1ccc(C(=O)S(=O)O)cc1O. The molecule has 0 spiro atoms. The van der Waals surface area contributed by atoms with Crippen molar-refractivity contribution in [1.29, 1.82) is 0 Å². The van der Waals surface area contributed by atoms with E-state index in [2.05, 4.69) is 0 Å². The minimum absolute atomic E-state index is 0.0378. The van der Waals surface area contributed by atoms with Crippen LogP contribution in [0, 0.1) is 0 Å². The molecule has 0 aliphatic heterocycles. The molecule has 0 saturated heterocycles. The Bertz CT molecular complexity index is 387. The van der Waals surface area contributed by atoms with E-state index in [9.17, 15) is 14.1 Å². The maximum absolute atomic E-state index is 11.0. The van der Waals surface area contributed by atoms with Crippen molar-refractivity contribution in [1.82, 2.24) is 0 Å². The van der Waals surface area contributed by atoms with Crippen molar-refractivity contribution in [3.05, 3.63) is 23.8 Å². The standard InChI is InChI=1S/C8H8O5S/c1-13-7-3-2-5(4-6(7)9)8(10)14(11)12/h2-4,9H,1H3,(H,11,12). The van der Waals surface area contributed by atoms with Crippen molar-refractivity contribution in [3.8, 4) is 11.5 Å². The molecular weight excluding hydrogens is 208 g/mol. The van der Waals surface area contributed by atoms with E-state index < -0.39 is 16.2 Å². The molecule has 1 aromatic rings. The van der Waals surface area contributed by atoms with Gasteiger partial charge < -0.3 is 9.84 Å². The summed E-state index contributed by atoms with van der Waals surface area (Å²) in [6, 6.07) is 3.72. The van der Waals surface area contributed by atoms with Crippen LogP contribution in [0.3, 0.4) is 0 Å². The van der Waals surface area contributed by atoms with E-state index in [0.717, 1.165) is 6.07 Å². The van der Waals surface area contributed by atoms with Gasteiger partial charge >= 0.3 is 0 Å². The molecule has 0 aliphatic rings. The molecular formula is C8H8O5S. The second-order valence-corrected chi connectivity index (χ2v) is 3.29. The van der Waals surface area contributed by atoms with Crippen LogP contribution in [-0.2, 0) is 11.1 Å². The van der Waals surface area contributed by atoms with Crippen molar-refractivity contribution in [2.24, 2.45) is 0 Å². The monoisotopic (exact) mass is 216 g/mol. The van der Waals surface area contributed by atoms with E-state index in [1.54, 1.807) is 0 Å². The lowest BCUT2D eigenvalue weighted by atomic mass is 10.2. The van der Waals surface area contributed by atoms with Crippen molar-refractivity contribution < 1.29 is 23.4 Å². The molecule has 0 heterocycles. The minimum Gasteiger partial charge on any atom is -0.504 e. The molecule has 0 amide bonds. The third-order valence-electron chi connectivity index (χ3n) is 1.57. The largest absolute Gasteiger partial charge is 0.504 e. The van der Waals surface area contributed by atoms with Crippen LogP contribution in [0.1, 0.15) is 10.4 Å². The first kappa shape index (κ1) is 10.7. The van der Waals surface area contributed by atoms with Gasteiger partial charge in [-0.1, -0.05) is 0 Å². The summed E-state index contributed by atoms with van der Waals surface area (Å²) in [5.74, 6) is -0.0472. The summed E-state index contributed by atoms with van der Waals surface area (Å²) in [6.07, 6.45) is 0. The van der Waals surface area contributed by atoms with Crippen LogP contribution in [0.25, 0.3) is 0 Å². The number of phenolic OH excluding ortho intramolecular Hbond substituents is 1. The third-order valence-corrected chi connectivity index (χ3v) is 2.13. The summed E-state index contributed by atoms with van der Waals surface area (Å²) in [4.78, 5) is 11.0. The zero-order valence-electron chi connectivity index (χ0n) is 7.26. The molecule has 0 bridgehead atoms. The van der Waals surface area contributed by atoms with E-state index in [0.29, 0.717) is 0 Å². The summed E-state index contributed by atoms with van der Waals surface area (Å²) < 4.78 is 23.7. The maximum Gasteiger partial charge on any atom is 0.276 e. The molecule has 0 aliphatic carbocycles. The lowest BCUT2D eigenvalue weighted by Gasteiger charge is -2.03. The number of hydrogen-bond donors (Lipinski definition) is 2. The quantitative estimate of drug-likeness (QED) is 0.713. The predicted octanol–water partition coefficient (Wildman–Crippen LogP) is 0.763. The van der Waals surface area contributed by atoms with E-state index >= 15 is 0 Å². The summed E-state index contributed by atoms with van der Waals surface area (Å²) in [6.45, 7) is 0. The highest BCUT2D eigenvalue weighted by atomic mass is 32.2. The molecule has 1 unspecified atom stereocenters. The van der Waals surface area contributed by atoms with Gasteiger partial charge in [0.1, 0.15) is 0 Å². The van der Waals surface area contributed by atoms with Crippen LogP contribution in [0.4, 0.5) is 0 Å². The highest BCUT2D eigenvalue weighted by Gasteiger charge is 2.14. The second kappa shape index (κ2) is 4.21. The molecule has 0 radical (unpaired) electrons. The van der Waals surface area contributed by atoms with Gasteiger partial charge in [0.2, 0.25) is 11.1 Å². The Labute approximate surface area is 82.6 Å². The Balaban J connectivity index is 3.09. The van der Waals surface area contributed by atoms with Crippen LogP contribution in [0.2, 0.25) is 0 Å². The van der Waals surface area contributed by atoms with Crippen LogP contribution in [0.5, 0.6) is 11.5 Å². The Hall–Kier alpha value is -1.40. The fourth-order valence-electron chi connectivity index (χ4n) is 0.918. The van der Waals surface area contributed by atoms with Crippen molar-refractivity contribution in [2.75, 3.05) is 7.11 Å². The minimum atomic E-state index is -2.57. The number of carbonyl (C=O) groups excluding carboxylic acids is 1. The van der Waals surface area contributed by atoms with Gasteiger partial charge in [-0.05, 0) is 18.2 Å². The molecule has 76 valence electrons. The van der Waals surface area contributed by atoms with Gasteiger partial charge in [-0.3, -0.25) is 9.35 Å². The molecule has 1 aromatic carbocycles. The molecule has 1 atom stereocenters. The predicted molar refractivity (Wildman–Crippen MR) is 49.8 cm³/mol. The first-order valence-electron chi connectivity index (χ1n) is 3.58. The summed E-state index contributed by atoms with van der Waals surface area (Å²) in [7, 11) is 1.36. The topological polar surface area (TPSA) is 83.8 Å². The highest BCUT2D eigenvalue weighted by Crippen LogP contribution is 2.26. The van der Waals surface area contributed by atoms with Crippen LogP contribution in [-0.4, -0.2) is 26.1 Å². The zero-order chi connectivity index (χ0) is 10.7. The first-order valence-corrected chi connectivity index (χ1v) is 4.69. The van der Waals surface area contributed by atoms with Gasteiger partial charge in [-0.2, -0.15) is 0 Å². The Morgan fingerprint density at radius 1 is 1.50 bits per heavy atom. The fraction of sp³-hybridized carbons (Fsp3) is 0.125. The van der Waals surface area contributed by atoms with Crippen molar-refractivity contribution in [2.45, 2.75) is 0 Å². The number of aromatic hydroxyl groups is 1. The number of hydrogen-bond acceptors (Lipinski definition) is 4. The number of methoxy groups -OCH3 is 1. The van der Waals surface area contributed by atoms with Gasteiger partial charge in [-0.15, -0.1) is 0 Å². The molecule has 0 fully saturated rings. The zero-order valence-corrected chi connectivity index (χ0v) is 8.08. The Kier molecular flexibility index (Phi) is 3.21. The number of ether oxygens (including phenoxy) is 1. The fourth-order valence-corrected chi connectivity index (χ4v) is 1.25. The van der Waals surface area contributed by atoms with E-state index in [-0.39, 0.29) is 17.1 Å². The second-order valence-electron chi connectivity index (χ2n) is 2.42. The normalized spacial score (nSPS) is 12.1. The highest BCUT2D eigenvalue weighted by molar-refractivity contribution is 7.95. The number of benzene rings is 1. The first-order chi connectivity index (χ1) is 6.56. The summed E-state index contributed by atoms with van der Waals surface area (Å²) in [5.41, 5.74) is -0.0378. The lowest BCUT2D eigenvalue weighted by Crippen LogP contribution is -2.05. The van der Waals surface area contributed by atoms with Gasteiger partial charge in [0, 0.05) is 5.56 Å². The molecule has 5 nitrogen and oxygen atoms in total. The molecule has 6 heteroatoms. The molecule has 1 rings (SSSR count). The van der Waals surface area contributed by atoms with E-state index in [4.69, 9.17) is 9.29 Å². The Morgan fingerprint density at radius 2 is 2.14 bits per heavy atom. The summed E-state index contributed by atoms with van der Waals surface area (Å²) >= 11 is -2.57.